The highest BCUT2D eigenvalue weighted by Crippen LogP contribution is 2.18. The van der Waals surface area contributed by atoms with E-state index in [9.17, 15) is 0 Å². The van der Waals surface area contributed by atoms with E-state index >= 15 is 0 Å². The van der Waals surface area contributed by atoms with E-state index in [1.807, 2.05) is 18.3 Å². The maximum absolute atomic E-state index is 4.30. The highest BCUT2D eigenvalue weighted by atomic mass is 32.1. The zero-order valence-corrected chi connectivity index (χ0v) is 8.34. The van der Waals surface area contributed by atoms with Crippen LogP contribution in [0.15, 0.2) is 35.8 Å². The van der Waals surface area contributed by atoms with Gasteiger partial charge in [-0.1, -0.05) is 6.07 Å². The fourth-order valence-electron chi connectivity index (χ4n) is 1.25. The lowest BCUT2D eigenvalue weighted by Crippen LogP contribution is -1.89. The molecule has 0 spiro atoms. The Labute approximate surface area is 82.1 Å². The van der Waals surface area contributed by atoms with Crippen LogP contribution >= 0.6 is 11.3 Å². The van der Waals surface area contributed by atoms with E-state index in [0.717, 1.165) is 12.1 Å². The van der Waals surface area contributed by atoms with E-state index < -0.39 is 0 Å². The van der Waals surface area contributed by atoms with E-state index in [2.05, 4.69) is 29.4 Å². The van der Waals surface area contributed by atoms with Crippen molar-refractivity contribution < 1.29 is 0 Å². The summed E-state index contributed by atoms with van der Waals surface area (Å²) in [5.41, 5.74) is 2.52. The third-order valence-electron chi connectivity index (χ3n) is 2.04. The average Bonchev–Trinajstić information content (AvgIpc) is 2.54. The maximum Gasteiger partial charge on any atom is 0.0455 e. The second-order valence-electron chi connectivity index (χ2n) is 3.02. The molecular formula is C11H11NS. The van der Waals surface area contributed by atoms with Crippen molar-refractivity contribution in [3.05, 3.63) is 52.0 Å². The van der Waals surface area contributed by atoms with Crippen LogP contribution in [0.1, 0.15) is 16.1 Å². The Balaban J connectivity index is 2.20. The molecule has 2 rings (SSSR count). The predicted octanol–water partition coefficient (Wildman–Crippen LogP) is 3.04. The van der Waals surface area contributed by atoms with Crippen molar-refractivity contribution in [1.82, 2.24) is 4.98 Å². The first-order valence-electron chi connectivity index (χ1n) is 4.29. The molecule has 2 aromatic heterocycles. The maximum atomic E-state index is 4.30. The summed E-state index contributed by atoms with van der Waals surface area (Å²) in [5, 5.41) is 2.13. The van der Waals surface area contributed by atoms with Gasteiger partial charge in [-0.05, 0) is 36.1 Å². The fourth-order valence-corrected chi connectivity index (χ4v) is 2.17. The number of rotatable bonds is 2. The molecule has 1 nitrogen and oxygen atoms in total. The number of aromatic nitrogens is 1. The van der Waals surface area contributed by atoms with Crippen LogP contribution in [0.2, 0.25) is 0 Å². The van der Waals surface area contributed by atoms with Gasteiger partial charge in [-0.15, -0.1) is 11.3 Å². The summed E-state index contributed by atoms with van der Waals surface area (Å²) in [5.74, 6) is 0. The van der Waals surface area contributed by atoms with Crippen LogP contribution in [0.3, 0.4) is 0 Å². The second kappa shape index (κ2) is 3.71. The summed E-state index contributed by atoms with van der Waals surface area (Å²) >= 11 is 1.80. The number of hydrogen-bond donors (Lipinski definition) is 0. The van der Waals surface area contributed by atoms with Crippen molar-refractivity contribution in [2.45, 2.75) is 13.3 Å². The van der Waals surface area contributed by atoms with Crippen molar-refractivity contribution in [3.63, 3.8) is 0 Å². The van der Waals surface area contributed by atoms with Crippen molar-refractivity contribution in [3.8, 4) is 0 Å². The Morgan fingerprint density at radius 2 is 2.23 bits per heavy atom. The van der Waals surface area contributed by atoms with Gasteiger partial charge in [0.25, 0.3) is 0 Å². The van der Waals surface area contributed by atoms with E-state index in [4.69, 9.17) is 0 Å². The zero-order valence-electron chi connectivity index (χ0n) is 7.53. The monoisotopic (exact) mass is 189 g/mol. The highest BCUT2D eigenvalue weighted by molar-refractivity contribution is 7.10. The van der Waals surface area contributed by atoms with Crippen molar-refractivity contribution in [2.24, 2.45) is 0 Å². The van der Waals surface area contributed by atoms with Gasteiger partial charge in [0.05, 0.1) is 0 Å². The minimum Gasteiger partial charge on any atom is -0.261 e. The molecule has 0 aliphatic rings. The molecule has 0 bridgehead atoms. The third kappa shape index (κ3) is 1.95. The molecule has 0 amide bonds. The minimum absolute atomic E-state index is 0.963. The van der Waals surface area contributed by atoms with Gasteiger partial charge in [-0.25, -0.2) is 0 Å². The molecule has 2 heterocycles. The Morgan fingerprint density at radius 1 is 1.31 bits per heavy atom. The Kier molecular flexibility index (Phi) is 2.41. The molecule has 0 fully saturated rings. The molecule has 0 aliphatic carbocycles. The number of aryl methyl sites for hydroxylation is 1. The molecule has 0 radical (unpaired) electrons. The first-order valence-corrected chi connectivity index (χ1v) is 5.17. The number of pyridine rings is 1. The van der Waals surface area contributed by atoms with Crippen molar-refractivity contribution in [1.29, 1.82) is 0 Å². The van der Waals surface area contributed by atoms with Crippen LogP contribution < -0.4 is 0 Å². The van der Waals surface area contributed by atoms with Gasteiger partial charge >= 0.3 is 0 Å². The molecule has 2 aromatic rings. The smallest absolute Gasteiger partial charge is 0.0455 e. The average molecular weight is 189 g/mol. The minimum atomic E-state index is 0.963. The lowest BCUT2D eigenvalue weighted by Gasteiger charge is -1.98. The summed E-state index contributed by atoms with van der Waals surface area (Å²) in [7, 11) is 0. The topological polar surface area (TPSA) is 12.9 Å². The summed E-state index contributed by atoms with van der Waals surface area (Å²) < 4.78 is 0. The molecule has 66 valence electrons. The Hall–Kier alpha value is -1.15. The molecule has 0 aliphatic heterocycles. The largest absolute Gasteiger partial charge is 0.261 e. The standard InChI is InChI=1S/C11H11NS/c1-9-5-7-13-11(9)8-10-4-2-3-6-12-10/h2-7H,8H2,1H3. The van der Waals surface area contributed by atoms with Crippen molar-refractivity contribution >= 4 is 11.3 Å². The quantitative estimate of drug-likeness (QED) is 0.707. The molecule has 0 unspecified atom stereocenters. The SMILES string of the molecule is Cc1ccsc1Cc1ccccn1. The van der Waals surface area contributed by atoms with Gasteiger partial charge in [0.1, 0.15) is 0 Å². The molecule has 0 saturated heterocycles. The molecule has 13 heavy (non-hydrogen) atoms. The zero-order chi connectivity index (χ0) is 9.10. The summed E-state index contributed by atoms with van der Waals surface area (Å²) in [4.78, 5) is 5.72. The van der Waals surface area contributed by atoms with Gasteiger partial charge in [-0.3, -0.25) is 4.98 Å². The van der Waals surface area contributed by atoms with Crippen LogP contribution in [0, 0.1) is 6.92 Å². The van der Waals surface area contributed by atoms with Gasteiger partial charge in [0.15, 0.2) is 0 Å². The van der Waals surface area contributed by atoms with E-state index in [1.54, 1.807) is 11.3 Å². The summed E-state index contributed by atoms with van der Waals surface area (Å²) in [6.45, 7) is 2.15. The number of thiophene rings is 1. The fraction of sp³-hybridized carbons (Fsp3) is 0.182. The van der Waals surface area contributed by atoms with Gasteiger partial charge in [0.2, 0.25) is 0 Å². The van der Waals surface area contributed by atoms with Crippen LogP contribution in [0.25, 0.3) is 0 Å². The Bertz CT molecular complexity index is 378. The summed E-state index contributed by atoms with van der Waals surface area (Å²) in [6.07, 6.45) is 2.81. The highest BCUT2D eigenvalue weighted by Gasteiger charge is 2.01. The lowest BCUT2D eigenvalue weighted by molar-refractivity contribution is 1.09. The molecule has 0 saturated carbocycles. The van der Waals surface area contributed by atoms with Gasteiger partial charge < -0.3 is 0 Å². The van der Waals surface area contributed by atoms with E-state index in [0.29, 0.717) is 0 Å². The van der Waals surface area contributed by atoms with Crippen LogP contribution in [-0.2, 0) is 6.42 Å². The van der Waals surface area contributed by atoms with Crippen LogP contribution in [-0.4, -0.2) is 4.98 Å². The van der Waals surface area contributed by atoms with Crippen LogP contribution in [0.4, 0.5) is 0 Å². The molecular weight excluding hydrogens is 178 g/mol. The first kappa shape index (κ1) is 8.45. The normalized spacial score (nSPS) is 10.2. The number of hydrogen-bond acceptors (Lipinski definition) is 2. The second-order valence-corrected chi connectivity index (χ2v) is 4.03. The molecule has 0 atom stereocenters. The lowest BCUT2D eigenvalue weighted by atomic mass is 10.2. The molecule has 2 heteroatoms. The van der Waals surface area contributed by atoms with Gasteiger partial charge in [-0.2, -0.15) is 0 Å². The number of nitrogens with zero attached hydrogens (tertiary/aromatic N) is 1. The molecule has 0 aromatic carbocycles. The molecule has 0 N–H and O–H groups in total. The predicted molar refractivity (Wildman–Crippen MR) is 56.1 cm³/mol. The van der Waals surface area contributed by atoms with Crippen molar-refractivity contribution in [2.75, 3.05) is 0 Å². The van der Waals surface area contributed by atoms with E-state index in [1.165, 1.54) is 10.4 Å². The van der Waals surface area contributed by atoms with Crippen LogP contribution in [0.5, 0.6) is 0 Å². The Morgan fingerprint density at radius 3 is 2.85 bits per heavy atom. The third-order valence-corrected chi connectivity index (χ3v) is 3.06. The summed E-state index contributed by atoms with van der Waals surface area (Å²) in [6, 6.07) is 8.21. The van der Waals surface area contributed by atoms with E-state index in [-0.39, 0.29) is 0 Å². The first-order chi connectivity index (χ1) is 6.36. The van der Waals surface area contributed by atoms with Gasteiger partial charge in [0, 0.05) is 23.2 Å².